The molecular formula is C28H34N2O5. The molecule has 1 saturated heterocycles. The van der Waals surface area contributed by atoms with E-state index in [1.807, 2.05) is 41.3 Å². The highest BCUT2D eigenvalue weighted by molar-refractivity contribution is 5.69. The van der Waals surface area contributed by atoms with Crippen molar-refractivity contribution in [3.05, 3.63) is 69.3 Å². The van der Waals surface area contributed by atoms with Gasteiger partial charge in [0.25, 0.3) is 0 Å². The molecule has 1 unspecified atom stereocenters. The van der Waals surface area contributed by atoms with Crippen LogP contribution in [0.3, 0.4) is 0 Å². The average molecular weight is 479 g/mol. The molecule has 2 aromatic rings. The fourth-order valence-electron chi connectivity index (χ4n) is 6.64. The van der Waals surface area contributed by atoms with E-state index in [0.29, 0.717) is 31.2 Å². The normalized spacial score (nSPS) is 24.8. The number of hydrogen-bond donors (Lipinski definition) is 0. The molecule has 2 aromatic carbocycles. The highest BCUT2D eigenvalue weighted by Crippen LogP contribution is 2.57. The second-order valence-electron chi connectivity index (χ2n) is 10.2. The molecule has 3 atom stereocenters. The van der Waals surface area contributed by atoms with Gasteiger partial charge in [0.05, 0.1) is 11.5 Å². The van der Waals surface area contributed by atoms with Gasteiger partial charge in [0.2, 0.25) is 0 Å². The van der Waals surface area contributed by atoms with Gasteiger partial charge in [-0.25, -0.2) is 4.79 Å². The number of fused-ring (bicyclic) bond motifs is 1. The Morgan fingerprint density at radius 2 is 2.03 bits per heavy atom. The summed E-state index contributed by atoms with van der Waals surface area (Å²) in [4.78, 5) is 26.7. The number of piperidine rings is 1. The molecule has 1 amide bonds. The van der Waals surface area contributed by atoms with E-state index < -0.39 is 0 Å². The number of ether oxygens (including phenoxy) is 2. The molecule has 1 saturated carbocycles. The van der Waals surface area contributed by atoms with E-state index in [2.05, 4.69) is 6.92 Å². The van der Waals surface area contributed by atoms with Crippen LogP contribution in [0.1, 0.15) is 68.6 Å². The Hall–Kier alpha value is -3.09. The van der Waals surface area contributed by atoms with Crippen molar-refractivity contribution >= 4 is 11.8 Å². The lowest BCUT2D eigenvalue weighted by molar-refractivity contribution is -0.386. The van der Waals surface area contributed by atoms with Gasteiger partial charge in [-0.05, 0) is 60.8 Å². The number of carbonyl (C=O) groups is 1. The lowest BCUT2D eigenvalue weighted by Crippen LogP contribution is -2.62. The smallest absolute Gasteiger partial charge is 0.410 e. The van der Waals surface area contributed by atoms with Crippen LogP contribution in [0.5, 0.6) is 5.75 Å². The minimum atomic E-state index is -0.339. The number of amides is 1. The summed E-state index contributed by atoms with van der Waals surface area (Å²) in [5.41, 5.74) is 3.15. The number of nitro groups is 1. The van der Waals surface area contributed by atoms with Crippen LogP contribution in [-0.2, 0) is 23.2 Å². The summed E-state index contributed by atoms with van der Waals surface area (Å²) in [6, 6.07) is 13.4. The minimum Gasteiger partial charge on any atom is -0.487 e. The topological polar surface area (TPSA) is 81.9 Å². The van der Waals surface area contributed by atoms with Gasteiger partial charge in [-0.15, -0.1) is 0 Å². The zero-order valence-corrected chi connectivity index (χ0v) is 20.4. The number of rotatable bonds is 7. The lowest BCUT2D eigenvalue weighted by Gasteiger charge is -2.58. The van der Waals surface area contributed by atoms with Gasteiger partial charge in [-0.3, -0.25) is 10.1 Å². The van der Waals surface area contributed by atoms with Gasteiger partial charge >= 0.3 is 11.8 Å². The summed E-state index contributed by atoms with van der Waals surface area (Å²) in [6.45, 7) is 3.46. The van der Waals surface area contributed by atoms with Crippen molar-refractivity contribution in [1.29, 1.82) is 0 Å². The highest BCUT2D eigenvalue weighted by Gasteiger charge is 2.55. The fourth-order valence-corrected chi connectivity index (χ4v) is 6.64. The molecule has 2 aliphatic carbocycles. The van der Waals surface area contributed by atoms with E-state index >= 15 is 0 Å². The molecule has 3 aliphatic rings. The van der Waals surface area contributed by atoms with Crippen molar-refractivity contribution in [1.82, 2.24) is 4.90 Å². The third-order valence-corrected chi connectivity index (χ3v) is 8.30. The van der Waals surface area contributed by atoms with Crippen molar-refractivity contribution in [3.8, 4) is 5.75 Å². The van der Waals surface area contributed by atoms with E-state index in [1.54, 1.807) is 6.07 Å². The third kappa shape index (κ3) is 4.37. The molecule has 0 N–H and O–H groups in total. The van der Waals surface area contributed by atoms with Crippen LogP contribution in [0.25, 0.3) is 0 Å². The van der Waals surface area contributed by atoms with Crippen molar-refractivity contribution in [2.24, 2.45) is 5.92 Å². The molecule has 7 nitrogen and oxygen atoms in total. The first-order chi connectivity index (χ1) is 17.0. The maximum atomic E-state index is 13.2. The van der Waals surface area contributed by atoms with Crippen LogP contribution in [0.4, 0.5) is 10.5 Å². The van der Waals surface area contributed by atoms with E-state index in [-0.39, 0.29) is 34.8 Å². The SMILES string of the molecule is CCCCOc1cc2c(cc1[N+](=O)[O-])C[C@H]1C3CCCC[C@@]23CCN1C(=O)OCc1ccccc1. The van der Waals surface area contributed by atoms with Crippen LogP contribution < -0.4 is 4.74 Å². The number of hydrogen-bond acceptors (Lipinski definition) is 5. The minimum absolute atomic E-state index is 0.00582. The Balaban J connectivity index is 1.45. The molecule has 0 spiro atoms. The van der Waals surface area contributed by atoms with Crippen LogP contribution >= 0.6 is 0 Å². The molecule has 1 heterocycles. The maximum absolute atomic E-state index is 13.2. The van der Waals surface area contributed by atoms with Gasteiger partial charge in [-0.1, -0.05) is 56.5 Å². The molecule has 7 heteroatoms. The summed E-state index contributed by atoms with van der Waals surface area (Å²) in [6.07, 6.45) is 7.45. The van der Waals surface area contributed by atoms with Gasteiger partial charge in [0.1, 0.15) is 6.61 Å². The molecule has 35 heavy (non-hydrogen) atoms. The second-order valence-corrected chi connectivity index (χ2v) is 10.2. The first-order valence-electron chi connectivity index (χ1n) is 13.0. The number of nitro benzene ring substituents is 1. The Kier molecular flexibility index (Phi) is 6.67. The van der Waals surface area contributed by atoms with Crippen LogP contribution in [0.2, 0.25) is 0 Å². The van der Waals surface area contributed by atoms with E-state index in [0.717, 1.165) is 56.1 Å². The number of likely N-dealkylation sites (tertiary alicyclic amines) is 1. The summed E-state index contributed by atoms with van der Waals surface area (Å²) < 4.78 is 11.6. The van der Waals surface area contributed by atoms with Gasteiger partial charge < -0.3 is 14.4 Å². The average Bonchev–Trinajstić information content (AvgIpc) is 2.88. The number of nitrogens with zero attached hydrogens (tertiary/aromatic N) is 2. The molecule has 5 rings (SSSR count). The highest BCUT2D eigenvalue weighted by atomic mass is 16.6. The Morgan fingerprint density at radius 3 is 2.80 bits per heavy atom. The summed E-state index contributed by atoms with van der Waals surface area (Å²) in [5.74, 6) is 0.732. The van der Waals surface area contributed by atoms with Crippen molar-refractivity contribution in [2.45, 2.75) is 76.4 Å². The molecule has 2 fully saturated rings. The summed E-state index contributed by atoms with van der Waals surface area (Å²) >= 11 is 0. The van der Waals surface area contributed by atoms with Crippen LogP contribution in [-0.4, -0.2) is 35.1 Å². The number of unbranched alkanes of at least 4 members (excludes halogenated alkanes) is 1. The third-order valence-electron chi connectivity index (χ3n) is 8.30. The number of benzene rings is 2. The maximum Gasteiger partial charge on any atom is 0.410 e. The van der Waals surface area contributed by atoms with E-state index in [4.69, 9.17) is 9.47 Å². The molecular weight excluding hydrogens is 444 g/mol. The fraction of sp³-hybridized carbons (Fsp3) is 0.536. The van der Waals surface area contributed by atoms with E-state index in [9.17, 15) is 14.9 Å². The van der Waals surface area contributed by atoms with Crippen molar-refractivity contribution in [3.63, 3.8) is 0 Å². The first kappa shape index (κ1) is 23.6. The zero-order chi connectivity index (χ0) is 24.4. The van der Waals surface area contributed by atoms with Gasteiger partial charge in [0, 0.05) is 24.1 Å². The predicted octanol–water partition coefficient (Wildman–Crippen LogP) is 6.17. The predicted molar refractivity (Wildman–Crippen MR) is 133 cm³/mol. The molecule has 0 aromatic heterocycles. The zero-order valence-electron chi connectivity index (χ0n) is 20.4. The molecule has 0 radical (unpaired) electrons. The second kappa shape index (κ2) is 9.88. The monoisotopic (exact) mass is 478 g/mol. The number of carbonyl (C=O) groups excluding carboxylic acids is 1. The van der Waals surface area contributed by atoms with Crippen LogP contribution in [0.15, 0.2) is 42.5 Å². The first-order valence-corrected chi connectivity index (χ1v) is 13.0. The molecule has 186 valence electrons. The lowest BCUT2D eigenvalue weighted by atomic mass is 9.52. The summed E-state index contributed by atoms with van der Waals surface area (Å²) in [5, 5.41) is 11.9. The summed E-state index contributed by atoms with van der Waals surface area (Å²) in [7, 11) is 0. The molecule has 1 aliphatic heterocycles. The quantitative estimate of drug-likeness (QED) is 0.270. The Labute approximate surface area is 206 Å². The van der Waals surface area contributed by atoms with Gasteiger partial charge in [0.15, 0.2) is 5.75 Å². The Bertz CT molecular complexity index is 1090. The van der Waals surface area contributed by atoms with E-state index in [1.165, 1.54) is 5.56 Å². The Morgan fingerprint density at radius 1 is 1.20 bits per heavy atom. The molecule has 2 bridgehead atoms. The van der Waals surface area contributed by atoms with Crippen molar-refractivity contribution in [2.75, 3.05) is 13.2 Å². The van der Waals surface area contributed by atoms with Crippen molar-refractivity contribution < 1.29 is 19.2 Å². The van der Waals surface area contributed by atoms with Crippen LogP contribution in [0, 0.1) is 16.0 Å². The standard InChI is InChI=1S/C28H34N2O5/c1-2-3-15-34-26-18-23-21(17-25(26)30(32)33)16-24-22-11-7-8-12-28(22,23)13-14-29(24)27(31)35-19-20-9-5-4-6-10-20/h4-6,9-10,17-18,22,24H,2-3,7-8,11-16,19H2,1H3/t22?,24-,28-/m0/s1. The largest absolute Gasteiger partial charge is 0.487 e. The van der Waals surface area contributed by atoms with Gasteiger partial charge in [-0.2, -0.15) is 0 Å².